The number of amides is 1. The van der Waals surface area contributed by atoms with E-state index in [1.165, 1.54) is 6.26 Å². The molecule has 0 bridgehead atoms. The number of piperidine rings is 1. The lowest BCUT2D eigenvalue weighted by atomic mass is 10.1. The fourth-order valence-electron chi connectivity index (χ4n) is 2.16. The largest absolute Gasteiger partial charge is 0.502 e. The first-order chi connectivity index (χ1) is 9.81. The second-order valence-electron chi connectivity index (χ2n) is 4.71. The van der Waals surface area contributed by atoms with Gasteiger partial charge in [-0.15, -0.1) is 5.10 Å². The number of hydrogen-bond acceptors (Lipinski definition) is 5. The topological polar surface area (TPSA) is 81.1 Å². The van der Waals surface area contributed by atoms with Crippen LogP contribution in [0, 0.1) is 0 Å². The van der Waals surface area contributed by atoms with Crippen LogP contribution in [0.2, 0.25) is 0 Å². The van der Waals surface area contributed by atoms with Gasteiger partial charge in [-0.1, -0.05) is 11.8 Å². The summed E-state index contributed by atoms with van der Waals surface area (Å²) < 4.78 is 6.78. The average Bonchev–Trinajstić information content (AvgIpc) is 2.98. The molecular formula is C13H21N5O2. The molecule has 0 spiro atoms. The number of ether oxygens (including phenoxy) is 1. The second kappa shape index (κ2) is 7.64. The summed E-state index contributed by atoms with van der Waals surface area (Å²) in [6.45, 7) is 6.51. The van der Waals surface area contributed by atoms with Gasteiger partial charge in [0.15, 0.2) is 5.69 Å². The summed E-state index contributed by atoms with van der Waals surface area (Å²) in [4.78, 5) is 11.9. The van der Waals surface area contributed by atoms with Crippen LogP contribution in [0.1, 0.15) is 35.8 Å². The second-order valence-corrected chi connectivity index (χ2v) is 4.71. The lowest BCUT2D eigenvalue weighted by molar-refractivity contribution is 0.0945. The number of carbonyl (C=O) groups excluding carboxylic acids is 1. The summed E-state index contributed by atoms with van der Waals surface area (Å²) in [7, 11) is 0. The number of carbonyl (C=O) groups is 1. The van der Waals surface area contributed by atoms with Crippen molar-refractivity contribution in [1.82, 2.24) is 25.6 Å². The molecule has 1 aliphatic heterocycles. The number of rotatable bonds is 7. The molecule has 0 aliphatic carbocycles. The molecule has 0 unspecified atom stereocenters. The minimum Gasteiger partial charge on any atom is -0.502 e. The van der Waals surface area contributed by atoms with E-state index in [9.17, 15) is 4.79 Å². The van der Waals surface area contributed by atoms with E-state index in [1.54, 1.807) is 10.9 Å². The predicted molar refractivity (Wildman–Crippen MR) is 74.3 cm³/mol. The van der Waals surface area contributed by atoms with Gasteiger partial charge in [-0.2, -0.15) is 0 Å². The quantitative estimate of drug-likeness (QED) is 0.560. The van der Waals surface area contributed by atoms with Crippen LogP contribution in [0.5, 0.6) is 0 Å². The van der Waals surface area contributed by atoms with E-state index >= 15 is 0 Å². The molecule has 110 valence electrons. The summed E-state index contributed by atoms with van der Waals surface area (Å²) in [5, 5.41) is 14.1. The molecule has 1 fully saturated rings. The lowest BCUT2D eigenvalue weighted by Crippen LogP contribution is -2.29. The molecule has 1 amide bonds. The zero-order valence-electron chi connectivity index (χ0n) is 11.5. The molecular weight excluding hydrogens is 258 g/mol. The Hall–Kier alpha value is -1.89. The van der Waals surface area contributed by atoms with Crippen LogP contribution in [-0.4, -0.2) is 47.1 Å². The molecule has 1 aromatic rings. The first kappa shape index (κ1) is 14.5. The van der Waals surface area contributed by atoms with Crippen LogP contribution >= 0.6 is 0 Å². The molecule has 7 heteroatoms. The van der Waals surface area contributed by atoms with E-state index in [-0.39, 0.29) is 5.91 Å². The van der Waals surface area contributed by atoms with Gasteiger partial charge in [-0.05, 0) is 32.4 Å². The predicted octanol–water partition coefficient (Wildman–Crippen LogP) is 0.483. The van der Waals surface area contributed by atoms with Crippen molar-refractivity contribution in [2.45, 2.75) is 25.3 Å². The molecule has 2 N–H and O–H groups in total. The lowest BCUT2D eigenvalue weighted by Gasteiger charge is -2.22. The van der Waals surface area contributed by atoms with E-state index in [0.29, 0.717) is 24.9 Å². The first-order valence-electron chi connectivity index (χ1n) is 6.94. The van der Waals surface area contributed by atoms with Gasteiger partial charge in [0.05, 0.1) is 25.1 Å². The van der Waals surface area contributed by atoms with Gasteiger partial charge in [0.25, 0.3) is 5.91 Å². The number of nitrogens with one attached hydrogen (secondary N) is 2. The molecule has 7 nitrogen and oxygen atoms in total. The van der Waals surface area contributed by atoms with Gasteiger partial charge < -0.3 is 15.4 Å². The maximum absolute atomic E-state index is 11.9. The Labute approximate surface area is 118 Å². The fourth-order valence-corrected chi connectivity index (χ4v) is 2.16. The fraction of sp³-hybridized carbons (Fsp3) is 0.615. The summed E-state index contributed by atoms with van der Waals surface area (Å²) in [6, 6.07) is 0.339. The highest BCUT2D eigenvalue weighted by Crippen LogP contribution is 2.16. The van der Waals surface area contributed by atoms with Crippen molar-refractivity contribution >= 4 is 5.91 Å². The molecule has 0 saturated carbocycles. The third kappa shape index (κ3) is 4.06. The Morgan fingerprint density at radius 1 is 1.60 bits per heavy atom. The molecule has 0 atom stereocenters. The van der Waals surface area contributed by atoms with Crippen molar-refractivity contribution in [3.8, 4) is 0 Å². The molecule has 2 rings (SSSR count). The van der Waals surface area contributed by atoms with Crippen LogP contribution in [0.25, 0.3) is 0 Å². The number of aromatic nitrogens is 3. The number of nitrogens with zero attached hydrogens (tertiary/aromatic N) is 3. The van der Waals surface area contributed by atoms with Gasteiger partial charge in [0.1, 0.15) is 0 Å². The smallest absolute Gasteiger partial charge is 0.273 e. The summed E-state index contributed by atoms with van der Waals surface area (Å²) >= 11 is 0. The van der Waals surface area contributed by atoms with Crippen LogP contribution in [0.15, 0.2) is 19.0 Å². The Bertz CT molecular complexity index is 440. The Kier molecular flexibility index (Phi) is 5.55. The van der Waals surface area contributed by atoms with Gasteiger partial charge in [-0.3, -0.25) is 4.79 Å². The van der Waals surface area contributed by atoms with Crippen molar-refractivity contribution in [3.05, 3.63) is 24.7 Å². The Morgan fingerprint density at radius 3 is 3.15 bits per heavy atom. The average molecular weight is 279 g/mol. The minimum absolute atomic E-state index is 0.191. The molecule has 0 radical (unpaired) electrons. The molecule has 2 heterocycles. The van der Waals surface area contributed by atoms with E-state index in [1.807, 2.05) is 0 Å². The van der Waals surface area contributed by atoms with Gasteiger partial charge in [0.2, 0.25) is 0 Å². The van der Waals surface area contributed by atoms with Crippen molar-refractivity contribution in [2.75, 3.05) is 26.2 Å². The van der Waals surface area contributed by atoms with E-state index in [2.05, 4.69) is 27.5 Å². The molecule has 20 heavy (non-hydrogen) atoms. The van der Waals surface area contributed by atoms with Crippen molar-refractivity contribution in [1.29, 1.82) is 0 Å². The van der Waals surface area contributed by atoms with Gasteiger partial charge in [0, 0.05) is 6.54 Å². The molecule has 1 aliphatic rings. The monoisotopic (exact) mass is 279 g/mol. The Balaban J connectivity index is 1.78. The Morgan fingerprint density at radius 2 is 2.40 bits per heavy atom. The third-order valence-electron chi connectivity index (χ3n) is 3.27. The number of hydrogen-bond donors (Lipinski definition) is 2. The zero-order valence-corrected chi connectivity index (χ0v) is 11.5. The summed E-state index contributed by atoms with van der Waals surface area (Å²) in [6.07, 6.45) is 5.89. The highest BCUT2D eigenvalue weighted by molar-refractivity contribution is 5.91. The van der Waals surface area contributed by atoms with Crippen LogP contribution in [0.3, 0.4) is 0 Å². The maximum atomic E-state index is 11.9. The summed E-state index contributed by atoms with van der Waals surface area (Å²) in [5.74, 6) is -0.191. The maximum Gasteiger partial charge on any atom is 0.273 e. The SMILES string of the molecule is C=COCCCNC(=O)c1cn(C2CCNCC2)nn1. The van der Waals surface area contributed by atoms with E-state index < -0.39 is 0 Å². The normalized spacial score (nSPS) is 15.8. The van der Waals surface area contributed by atoms with Crippen molar-refractivity contribution < 1.29 is 9.53 Å². The highest BCUT2D eigenvalue weighted by Gasteiger charge is 2.18. The molecule has 1 saturated heterocycles. The van der Waals surface area contributed by atoms with Crippen molar-refractivity contribution in [3.63, 3.8) is 0 Å². The van der Waals surface area contributed by atoms with Crippen LogP contribution in [0.4, 0.5) is 0 Å². The minimum atomic E-state index is -0.191. The van der Waals surface area contributed by atoms with Crippen LogP contribution in [-0.2, 0) is 4.74 Å². The van der Waals surface area contributed by atoms with Crippen LogP contribution < -0.4 is 10.6 Å². The first-order valence-corrected chi connectivity index (χ1v) is 6.94. The summed E-state index contributed by atoms with van der Waals surface area (Å²) in [5.41, 5.74) is 0.369. The van der Waals surface area contributed by atoms with Gasteiger partial charge >= 0.3 is 0 Å². The standard InChI is InChI=1S/C13H21N5O2/c1-2-20-9-3-6-15-13(19)12-10-18(17-16-12)11-4-7-14-8-5-11/h2,10-11,14H,1,3-9H2,(H,15,19). The molecule has 0 aromatic carbocycles. The van der Waals surface area contributed by atoms with Gasteiger partial charge in [-0.25, -0.2) is 4.68 Å². The third-order valence-corrected chi connectivity index (χ3v) is 3.27. The molecule has 1 aromatic heterocycles. The van der Waals surface area contributed by atoms with E-state index in [0.717, 1.165) is 32.4 Å². The highest BCUT2D eigenvalue weighted by atomic mass is 16.5. The van der Waals surface area contributed by atoms with E-state index in [4.69, 9.17) is 4.74 Å². The zero-order chi connectivity index (χ0) is 14.2. The van der Waals surface area contributed by atoms with Crippen molar-refractivity contribution in [2.24, 2.45) is 0 Å².